The van der Waals surface area contributed by atoms with E-state index >= 15 is 0 Å². The Kier molecular flexibility index (Phi) is 6.80. The average molecular weight is 414 g/mol. The molecule has 29 heavy (non-hydrogen) atoms. The fourth-order valence-electron chi connectivity index (χ4n) is 2.39. The van der Waals surface area contributed by atoms with Gasteiger partial charge in [-0.1, -0.05) is 23.7 Å². The van der Waals surface area contributed by atoms with Crippen LogP contribution in [-0.2, 0) is 6.61 Å². The Labute approximate surface area is 172 Å². The van der Waals surface area contributed by atoms with Crippen molar-refractivity contribution >= 4 is 23.8 Å². The third-order valence-electron chi connectivity index (χ3n) is 3.80. The fourth-order valence-corrected chi connectivity index (χ4v) is 2.60. The lowest BCUT2D eigenvalue weighted by atomic mass is 10.2. The van der Waals surface area contributed by atoms with Gasteiger partial charge in [-0.15, -0.1) is 10.2 Å². The summed E-state index contributed by atoms with van der Waals surface area (Å²) in [6.45, 7) is 4.33. The van der Waals surface area contributed by atoms with Crippen LogP contribution in [0.1, 0.15) is 23.7 Å². The van der Waals surface area contributed by atoms with Crippen molar-refractivity contribution in [1.82, 2.24) is 15.2 Å². The van der Waals surface area contributed by atoms with E-state index in [1.54, 1.807) is 13.1 Å². The highest BCUT2D eigenvalue weighted by Gasteiger charge is 2.07. The largest absolute Gasteiger partial charge is 0.490 e. The van der Waals surface area contributed by atoms with Gasteiger partial charge in [-0.05, 0) is 55.3 Å². The maximum atomic E-state index is 11.5. The zero-order valence-electron chi connectivity index (χ0n) is 16.0. The molecule has 0 radical (unpaired) electrons. The first-order valence-electron chi connectivity index (χ1n) is 8.92. The van der Waals surface area contributed by atoms with Gasteiger partial charge >= 0.3 is 0 Å². The minimum atomic E-state index is -0.322. The molecule has 0 aliphatic carbocycles. The summed E-state index contributed by atoms with van der Waals surface area (Å²) < 4.78 is 11.6. The molecule has 0 atom stereocenters. The summed E-state index contributed by atoms with van der Waals surface area (Å²) in [6.07, 6.45) is 1.57. The Bertz CT molecular complexity index is 1070. The highest BCUT2D eigenvalue weighted by atomic mass is 35.5. The van der Waals surface area contributed by atoms with Crippen LogP contribution in [0.5, 0.6) is 11.5 Å². The van der Waals surface area contributed by atoms with Crippen LogP contribution in [0, 0.1) is 6.92 Å². The summed E-state index contributed by atoms with van der Waals surface area (Å²) in [5, 5.41) is 12.3. The number of halogens is 1. The molecule has 0 aliphatic rings. The van der Waals surface area contributed by atoms with Gasteiger partial charge in [-0.2, -0.15) is 5.10 Å². The van der Waals surface area contributed by atoms with Crippen molar-refractivity contribution < 1.29 is 9.47 Å². The number of rotatable bonds is 8. The summed E-state index contributed by atoms with van der Waals surface area (Å²) in [5.74, 6) is 1.37. The number of nitrogens with one attached hydrogen (secondary N) is 2. The predicted octanol–water partition coefficient (Wildman–Crippen LogP) is 3.55. The van der Waals surface area contributed by atoms with Gasteiger partial charge in [0.1, 0.15) is 12.3 Å². The molecule has 0 saturated heterocycles. The van der Waals surface area contributed by atoms with Crippen molar-refractivity contribution in [2.75, 3.05) is 12.0 Å². The maximum absolute atomic E-state index is 11.5. The minimum Gasteiger partial charge on any atom is -0.490 e. The summed E-state index contributed by atoms with van der Waals surface area (Å²) >= 11 is 6.01. The number of benzene rings is 2. The number of hydrogen-bond acceptors (Lipinski definition) is 7. The van der Waals surface area contributed by atoms with Crippen molar-refractivity contribution in [3.05, 3.63) is 74.7 Å². The molecule has 8 nitrogen and oxygen atoms in total. The Hall–Kier alpha value is -3.39. The monoisotopic (exact) mass is 413 g/mol. The molecule has 0 unspecified atom stereocenters. The van der Waals surface area contributed by atoms with Crippen LogP contribution in [0.4, 0.5) is 5.95 Å². The predicted molar refractivity (Wildman–Crippen MR) is 112 cm³/mol. The smallest absolute Gasteiger partial charge is 0.274 e. The molecule has 9 heteroatoms. The van der Waals surface area contributed by atoms with E-state index in [0.29, 0.717) is 29.7 Å². The number of ether oxygens (including phenoxy) is 2. The normalized spacial score (nSPS) is 10.9. The molecule has 1 heterocycles. The van der Waals surface area contributed by atoms with E-state index in [1.165, 1.54) is 0 Å². The third-order valence-corrected chi connectivity index (χ3v) is 4.03. The second-order valence-electron chi connectivity index (χ2n) is 6.02. The molecule has 0 spiro atoms. The average Bonchev–Trinajstić information content (AvgIpc) is 2.70. The van der Waals surface area contributed by atoms with Crippen LogP contribution < -0.4 is 20.5 Å². The molecule has 3 aromatic rings. The number of anilines is 1. The number of aromatic nitrogens is 3. The minimum absolute atomic E-state index is 0.156. The maximum Gasteiger partial charge on any atom is 0.274 e. The summed E-state index contributed by atoms with van der Waals surface area (Å²) in [7, 11) is 0. The molecule has 150 valence electrons. The first-order valence-corrected chi connectivity index (χ1v) is 9.29. The van der Waals surface area contributed by atoms with E-state index in [2.05, 4.69) is 25.7 Å². The van der Waals surface area contributed by atoms with Crippen molar-refractivity contribution in [3.63, 3.8) is 0 Å². The Balaban J connectivity index is 1.69. The number of hydrogen-bond donors (Lipinski definition) is 2. The number of aryl methyl sites for hydroxylation is 1. The fraction of sp³-hybridized carbons (Fsp3) is 0.200. The van der Waals surface area contributed by atoms with E-state index < -0.39 is 0 Å². The van der Waals surface area contributed by atoms with Gasteiger partial charge < -0.3 is 9.47 Å². The molecule has 0 saturated carbocycles. The standard InChI is InChI=1S/C20H20ClN5O3/c1-3-28-18-10-14(11-22-25-20-23-19(27)13(2)24-26-20)7-8-17(18)29-12-15-5-4-6-16(21)9-15/h4-11H,3,12H2,1-2H3,(H2,23,25,26,27)/b22-11+. The molecule has 2 aromatic carbocycles. The molecule has 0 aliphatic heterocycles. The van der Waals surface area contributed by atoms with Gasteiger partial charge in [0, 0.05) is 5.02 Å². The van der Waals surface area contributed by atoms with E-state index in [-0.39, 0.29) is 17.2 Å². The highest BCUT2D eigenvalue weighted by Crippen LogP contribution is 2.29. The Morgan fingerprint density at radius 1 is 1.17 bits per heavy atom. The van der Waals surface area contributed by atoms with Crippen molar-refractivity contribution in [3.8, 4) is 11.5 Å². The first-order chi connectivity index (χ1) is 14.0. The second kappa shape index (κ2) is 9.70. The van der Waals surface area contributed by atoms with Crippen molar-refractivity contribution in [1.29, 1.82) is 0 Å². The highest BCUT2D eigenvalue weighted by molar-refractivity contribution is 6.30. The quantitative estimate of drug-likeness (QED) is 0.432. The molecular weight excluding hydrogens is 394 g/mol. The lowest BCUT2D eigenvalue weighted by Crippen LogP contribution is -2.15. The summed E-state index contributed by atoms with van der Waals surface area (Å²) in [5.41, 5.74) is 4.34. The van der Waals surface area contributed by atoms with Crippen LogP contribution in [0.15, 0.2) is 52.4 Å². The molecule has 0 fully saturated rings. The van der Waals surface area contributed by atoms with Crippen LogP contribution in [-0.4, -0.2) is 28.0 Å². The van der Waals surface area contributed by atoms with E-state index in [9.17, 15) is 4.79 Å². The molecular formula is C20H20ClN5O3. The van der Waals surface area contributed by atoms with Crippen molar-refractivity contribution in [2.24, 2.45) is 5.10 Å². The zero-order chi connectivity index (χ0) is 20.6. The molecule has 0 amide bonds. The number of nitrogens with zero attached hydrogens (tertiary/aromatic N) is 3. The van der Waals surface area contributed by atoms with Crippen LogP contribution >= 0.6 is 11.6 Å². The first kappa shape index (κ1) is 20.3. The van der Waals surface area contributed by atoms with Crippen LogP contribution in [0.2, 0.25) is 5.02 Å². The zero-order valence-corrected chi connectivity index (χ0v) is 16.7. The molecule has 3 rings (SSSR count). The lowest BCUT2D eigenvalue weighted by Gasteiger charge is -2.12. The lowest BCUT2D eigenvalue weighted by molar-refractivity contribution is 0.269. The third kappa shape index (κ3) is 5.79. The number of hydrazone groups is 1. The Morgan fingerprint density at radius 2 is 2.03 bits per heavy atom. The second-order valence-corrected chi connectivity index (χ2v) is 6.45. The van der Waals surface area contributed by atoms with Crippen LogP contribution in [0.25, 0.3) is 0 Å². The molecule has 2 N–H and O–H groups in total. The number of aromatic amines is 1. The van der Waals surface area contributed by atoms with E-state index in [1.807, 2.05) is 49.4 Å². The van der Waals surface area contributed by atoms with Gasteiger partial charge in [0.05, 0.1) is 12.8 Å². The Morgan fingerprint density at radius 3 is 2.79 bits per heavy atom. The molecule has 0 bridgehead atoms. The van der Waals surface area contributed by atoms with Gasteiger partial charge in [0.15, 0.2) is 11.5 Å². The summed E-state index contributed by atoms with van der Waals surface area (Å²) in [6, 6.07) is 12.9. The van der Waals surface area contributed by atoms with E-state index in [0.717, 1.165) is 11.1 Å². The molecule has 1 aromatic heterocycles. The topological polar surface area (TPSA) is 101 Å². The number of H-pyrrole nitrogens is 1. The van der Waals surface area contributed by atoms with Gasteiger partial charge in [0.2, 0.25) is 5.95 Å². The van der Waals surface area contributed by atoms with Gasteiger partial charge in [-0.3, -0.25) is 9.78 Å². The van der Waals surface area contributed by atoms with Crippen LogP contribution in [0.3, 0.4) is 0 Å². The van der Waals surface area contributed by atoms with Crippen molar-refractivity contribution in [2.45, 2.75) is 20.5 Å². The summed E-state index contributed by atoms with van der Waals surface area (Å²) in [4.78, 5) is 14.1. The van der Waals surface area contributed by atoms with Gasteiger partial charge in [0.25, 0.3) is 5.56 Å². The SMILES string of the molecule is CCOc1cc(/C=N/Nc2nnc(C)c(=O)[nH]2)ccc1OCc1cccc(Cl)c1. The van der Waals surface area contributed by atoms with Gasteiger partial charge in [-0.25, -0.2) is 5.43 Å². The van der Waals surface area contributed by atoms with E-state index in [4.69, 9.17) is 21.1 Å².